The van der Waals surface area contributed by atoms with Gasteiger partial charge in [0.1, 0.15) is 5.60 Å². The fourth-order valence-corrected chi connectivity index (χ4v) is 4.61. The van der Waals surface area contributed by atoms with E-state index in [1.807, 2.05) is 25.1 Å². The van der Waals surface area contributed by atoms with E-state index < -0.39 is 5.60 Å². The van der Waals surface area contributed by atoms with Crippen molar-refractivity contribution in [3.63, 3.8) is 0 Å². The lowest BCUT2D eigenvalue weighted by Crippen LogP contribution is -2.46. The van der Waals surface area contributed by atoms with Gasteiger partial charge in [-0.15, -0.1) is 22.7 Å². The van der Waals surface area contributed by atoms with Gasteiger partial charge in [0, 0.05) is 29.3 Å². The van der Waals surface area contributed by atoms with Gasteiger partial charge in [-0.1, -0.05) is 17.7 Å². The van der Waals surface area contributed by atoms with Crippen molar-refractivity contribution < 1.29 is 9.84 Å². The summed E-state index contributed by atoms with van der Waals surface area (Å²) in [4.78, 5) is 2.39. The van der Waals surface area contributed by atoms with Crippen LogP contribution in [0.1, 0.15) is 29.1 Å². The molecule has 3 heterocycles. The van der Waals surface area contributed by atoms with E-state index in [1.165, 1.54) is 4.88 Å². The molecule has 0 bridgehead atoms. The number of nitrogens with one attached hydrogen (secondary N) is 1. The maximum absolute atomic E-state index is 10.7. The van der Waals surface area contributed by atoms with E-state index >= 15 is 0 Å². The normalized spacial score (nSPS) is 27.1. The second-order valence-corrected chi connectivity index (χ2v) is 8.06. The highest BCUT2D eigenvalue weighted by Gasteiger charge is 2.39. The number of rotatable bonds is 5. The molecule has 114 valence electrons. The lowest BCUT2D eigenvalue weighted by atomic mass is 9.96. The summed E-state index contributed by atoms with van der Waals surface area (Å²) in [6.07, 6.45) is 0.532. The predicted octanol–water partition coefficient (Wildman–Crippen LogP) is 3.68. The van der Waals surface area contributed by atoms with Gasteiger partial charge in [-0.3, -0.25) is 0 Å². The maximum Gasteiger partial charge on any atom is 0.105 e. The van der Waals surface area contributed by atoms with Gasteiger partial charge < -0.3 is 15.2 Å². The third kappa shape index (κ3) is 3.33. The molecule has 1 aliphatic rings. The van der Waals surface area contributed by atoms with Crippen molar-refractivity contribution >= 4 is 34.3 Å². The minimum Gasteiger partial charge on any atom is -0.386 e. The predicted molar refractivity (Wildman–Crippen MR) is 88.5 cm³/mol. The van der Waals surface area contributed by atoms with Crippen molar-refractivity contribution in [2.45, 2.75) is 31.1 Å². The monoisotopic (exact) mass is 343 g/mol. The number of aliphatic hydroxyl groups is 1. The summed E-state index contributed by atoms with van der Waals surface area (Å²) in [6, 6.07) is 8.18. The first-order valence-electron chi connectivity index (χ1n) is 6.94. The highest BCUT2D eigenvalue weighted by atomic mass is 35.5. The minimum absolute atomic E-state index is 0.0688. The van der Waals surface area contributed by atoms with Crippen LogP contribution in [0.15, 0.2) is 29.6 Å². The second kappa shape index (κ2) is 6.36. The van der Waals surface area contributed by atoms with Crippen LogP contribution >= 0.6 is 34.3 Å². The summed E-state index contributed by atoms with van der Waals surface area (Å²) in [7, 11) is 0. The Labute approximate surface area is 137 Å². The molecule has 0 amide bonds. The summed E-state index contributed by atoms with van der Waals surface area (Å²) in [5.74, 6) is 0. The van der Waals surface area contributed by atoms with Gasteiger partial charge in [0.15, 0.2) is 0 Å². The summed E-state index contributed by atoms with van der Waals surface area (Å²) >= 11 is 9.35. The summed E-state index contributed by atoms with van der Waals surface area (Å²) < 4.78 is 6.28. The Morgan fingerprint density at radius 1 is 1.48 bits per heavy atom. The van der Waals surface area contributed by atoms with Gasteiger partial charge in [-0.2, -0.15) is 0 Å². The van der Waals surface area contributed by atoms with Gasteiger partial charge in [0.05, 0.1) is 16.5 Å². The molecule has 3 atom stereocenters. The van der Waals surface area contributed by atoms with E-state index in [0.717, 1.165) is 9.21 Å². The first-order chi connectivity index (χ1) is 10.1. The van der Waals surface area contributed by atoms with E-state index in [-0.39, 0.29) is 12.1 Å². The van der Waals surface area contributed by atoms with Crippen LogP contribution in [0.2, 0.25) is 4.34 Å². The molecule has 2 N–H and O–H groups in total. The minimum atomic E-state index is -0.795. The Morgan fingerprint density at radius 3 is 2.90 bits per heavy atom. The van der Waals surface area contributed by atoms with Crippen LogP contribution in [0.25, 0.3) is 0 Å². The molecule has 1 fully saturated rings. The largest absolute Gasteiger partial charge is 0.386 e. The van der Waals surface area contributed by atoms with Crippen LogP contribution < -0.4 is 5.32 Å². The Morgan fingerprint density at radius 2 is 2.33 bits per heavy atom. The molecule has 2 aromatic rings. The van der Waals surface area contributed by atoms with Crippen molar-refractivity contribution in [1.82, 2.24) is 5.32 Å². The summed E-state index contributed by atoms with van der Waals surface area (Å²) in [6.45, 7) is 3.05. The molecule has 0 aliphatic carbocycles. The summed E-state index contributed by atoms with van der Waals surface area (Å²) in [5.41, 5.74) is -0.795. The maximum atomic E-state index is 10.7. The van der Waals surface area contributed by atoms with E-state index in [4.69, 9.17) is 16.3 Å². The Kier molecular flexibility index (Phi) is 4.69. The second-order valence-electron chi connectivity index (χ2n) is 5.34. The molecule has 0 saturated carbocycles. The van der Waals surface area contributed by atoms with Crippen molar-refractivity contribution in [2.24, 2.45) is 0 Å². The van der Waals surface area contributed by atoms with Gasteiger partial charge in [-0.05, 0) is 30.5 Å². The molecule has 0 aromatic carbocycles. The molecular formula is C15H18ClNO2S2. The fourth-order valence-electron chi connectivity index (χ4n) is 2.56. The zero-order valence-corrected chi connectivity index (χ0v) is 14.1. The first-order valence-corrected chi connectivity index (χ1v) is 9.02. The average Bonchev–Trinajstić information content (AvgIpc) is 3.16. The standard InChI is InChI=1S/C15H18ClNO2S2/c1-10-15(18,6-7-19-10)9-17-14(11-3-2-8-20-11)12-4-5-13(16)21-12/h2-5,8,10,14,17-18H,6-7,9H2,1H3. The van der Waals surface area contributed by atoms with E-state index in [1.54, 1.807) is 22.7 Å². The molecule has 1 saturated heterocycles. The van der Waals surface area contributed by atoms with Gasteiger partial charge in [0.2, 0.25) is 0 Å². The molecule has 3 rings (SSSR count). The smallest absolute Gasteiger partial charge is 0.105 e. The highest BCUT2D eigenvalue weighted by Crippen LogP contribution is 2.34. The van der Waals surface area contributed by atoms with Crippen molar-refractivity contribution in [2.75, 3.05) is 13.2 Å². The van der Waals surface area contributed by atoms with Crippen LogP contribution in [0.3, 0.4) is 0 Å². The SMILES string of the molecule is CC1OCCC1(O)CNC(c1cccs1)c1ccc(Cl)s1. The number of hydrogen-bond donors (Lipinski definition) is 2. The van der Waals surface area contributed by atoms with Crippen LogP contribution in [0.4, 0.5) is 0 Å². The lowest BCUT2D eigenvalue weighted by molar-refractivity contribution is -0.0270. The molecule has 6 heteroatoms. The molecule has 1 aliphatic heterocycles. The van der Waals surface area contributed by atoms with Crippen molar-refractivity contribution in [3.8, 4) is 0 Å². The van der Waals surface area contributed by atoms with Gasteiger partial charge >= 0.3 is 0 Å². The van der Waals surface area contributed by atoms with Crippen LogP contribution in [-0.2, 0) is 4.74 Å². The lowest BCUT2D eigenvalue weighted by Gasteiger charge is -2.28. The number of thiophene rings is 2. The molecular weight excluding hydrogens is 326 g/mol. The topological polar surface area (TPSA) is 41.5 Å². The zero-order chi connectivity index (χ0) is 14.9. The number of hydrogen-bond acceptors (Lipinski definition) is 5. The van der Waals surface area contributed by atoms with Gasteiger partial charge in [0.25, 0.3) is 0 Å². The van der Waals surface area contributed by atoms with E-state index in [0.29, 0.717) is 19.6 Å². The van der Waals surface area contributed by atoms with Crippen molar-refractivity contribution in [1.29, 1.82) is 0 Å². The molecule has 3 nitrogen and oxygen atoms in total. The highest BCUT2D eigenvalue weighted by molar-refractivity contribution is 7.16. The van der Waals surface area contributed by atoms with Crippen LogP contribution in [0.5, 0.6) is 0 Å². The third-order valence-corrected chi connectivity index (χ3v) is 6.21. The Balaban J connectivity index is 1.77. The molecule has 0 radical (unpaired) electrons. The molecule has 2 aromatic heterocycles. The van der Waals surface area contributed by atoms with E-state index in [9.17, 15) is 5.11 Å². The number of halogens is 1. The Hall–Kier alpha value is -0.430. The summed E-state index contributed by atoms with van der Waals surface area (Å²) in [5, 5.41) is 16.2. The molecule has 0 spiro atoms. The molecule has 3 unspecified atom stereocenters. The van der Waals surface area contributed by atoms with Crippen molar-refractivity contribution in [3.05, 3.63) is 43.7 Å². The first kappa shape index (κ1) is 15.5. The quantitative estimate of drug-likeness (QED) is 0.870. The van der Waals surface area contributed by atoms with Crippen LogP contribution in [-0.4, -0.2) is 30.0 Å². The third-order valence-electron chi connectivity index (χ3n) is 3.98. The van der Waals surface area contributed by atoms with Gasteiger partial charge in [-0.25, -0.2) is 0 Å². The number of ether oxygens (including phenoxy) is 1. The zero-order valence-electron chi connectivity index (χ0n) is 11.7. The fraction of sp³-hybridized carbons (Fsp3) is 0.467. The van der Waals surface area contributed by atoms with Crippen LogP contribution in [0, 0.1) is 0 Å². The average molecular weight is 344 g/mol. The Bertz CT molecular complexity index is 586. The molecule has 21 heavy (non-hydrogen) atoms. The van der Waals surface area contributed by atoms with E-state index in [2.05, 4.69) is 16.8 Å².